The van der Waals surface area contributed by atoms with Crippen LogP contribution >= 0.6 is 0 Å². The van der Waals surface area contributed by atoms with Gasteiger partial charge in [-0.15, -0.1) is 0 Å². The summed E-state index contributed by atoms with van der Waals surface area (Å²) in [6.07, 6.45) is 0. The summed E-state index contributed by atoms with van der Waals surface area (Å²) >= 11 is 0. The van der Waals surface area contributed by atoms with Gasteiger partial charge in [-0.3, -0.25) is 4.79 Å². The number of hydrogen-bond acceptors (Lipinski definition) is 3. The standard InChI is InChI=1S/C16H25NO3S/c1-11(2)16(12(3)4)10-17-21(19,20)15-8-6-7-14(9-15)13(5)18/h6-9,11-12,16-17H,10H2,1-5H3. The van der Waals surface area contributed by atoms with Crippen molar-refractivity contribution in [1.29, 1.82) is 0 Å². The fourth-order valence-electron chi connectivity index (χ4n) is 2.41. The Morgan fingerprint density at radius 2 is 1.71 bits per heavy atom. The summed E-state index contributed by atoms with van der Waals surface area (Å²) in [7, 11) is -3.58. The first kappa shape index (κ1) is 17.9. The summed E-state index contributed by atoms with van der Waals surface area (Å²) < 4.78 is 27.3. The lowest BCUT2D eigenvalue weighted by molar-refractivity contribution is 0.101. The van der Waals surface area contributed by atoms with Crippen LogP contribution in [0.3, 0.4) is 0 Å². The van der Waals surface area contributed by atoms with Gasteiger partial charge in [0.15, 0.2) is 5.78 Å². The highest BCUT2D eigenvalue weighted by atomic mass is 32.2. The Hall–Kier alpha value is -1.20. The zero-order valence-electron chi connectivity index (χ0n) is 13.4. The normalized spacial score (nSPS) is 12.4. The SMILES string of the molecule is CC(=O)c1cccc(S(=O)(=O)NCC(C(C)C)C(C)C)c1. The number of rotatable bonds is 7. The van der Waals surface area contributed by atoms with Crippen LogP contribution in [-0.2, 0) is 10.0 Å². The van der Waals surface area contributed by atoms with Crippen LogP contribution in [0.4, 0.5) is 0 Å². The predicted octanol–water partition coefficient (Wildman–Crippen LogP) is 3.10. The fourth-order valence-corrected chi connectivity index (χ4v) is 3.53. The summed E-state index contributed by atoms with van der Waals surface area (Å²) in [4.78, 5) is 11.5. The molecule has 0 saturated heterocycles. The van der Waals surface area contributed by atoms with Crippen molar-refractivity contribution in [3.8, 4) is 0 Å². The molecule has 0 aliphatic heterocycles. The van der Waals surface area contributed by atoms with Gasteiger partial charge in [-0.25, -0.2) is 13.1 Å². The topological polar surface area (TPSA) is 63.2 Å². The molecule has 0 aliphatic carbocycles. The average molecular weight is 311 g/mol. The average Bonchev–Trinajstić information content (AvgIpc) is 2.38. The molecule has 1 rings (SSSR count). The third-order valence-electron chi connectivity index (χ3n) is 3.77. The van der Waals surface area contributed by atoms with Gasteiger partial charge in [0, 0.05) is 12.1 Å². The lowest BCUT2D eigenvalue weighted by Gasteiger charge is -2.25. The number of Topliss-reactive ketones (excluding diaryl/α,β-unsaturated/α-hetero) is 1. The van der Waals surface area contributed by atoms with Crippen LogP contribution in [0.25, 0.3) is 0 Å². The molecule has 4 nitrogen and oxygen atoms in total. The monoisotopic (exact) mass is 311 g/mol. The minimum atomic E-state index is -3.58. The maximum Gasteiger partial charge on any atom is 0.240 e. The van der Waals surface area contributed by atoms with Crippen molar-refractivity contribution in [3.05, 3.63) is 29.8 Å². The van der Waals surface area contributed by atoms with Crippen LogP contribution in [0.5, 0.6) is 0 Å². The molecule has 0 bridgehead atoms. The molecule has 5 heteroatoms. The van der Waals surface area contributed by atoms with E-state index in [1.165, 1.54) is 19.1 Å². The summed E-state index contributed by atoms with van der Waals surface area (Å²) in [6.45, 7) is 10.2. The van der Waals surface area contributed by atoms with E-state index in [2.05, 4.69) is 32.4 Å². The van der Waals surface area contributed by atoms with Crippen molar-refractivity contribution < 1.29 is 13.2 Å². The van der Waals surface area contributed by atoms with Crippen molar-refractivity contribution in [1.82, 2.24) is 4.72 Å². The summed E-state index contributed by atoms with van der Waals surface area (Å²) in [5, 5.41) is 0. The van der Waals surface area contributed by atoms with Gasteiger partial charge in [-0.05, 0) is 36.8 Å². The molecule has 0 fully saturated rings. The second kappa shape index (κ2) is 7.18. The van der Waals surface area contributed by atoms with E-state index in [1.54, 1.807) is 12.1 Å². The maximum atomic E-state index is 12.3. The highest BCUT2D eigenvalue weighted by Gasteiger charge is 2.21. The number of carbonyl (C=O) groups excluding carboxylic acids is 1. The van der Waals surface area contributed by atoms with E-state index in [1.807, 2.05) is 0 Å². The van der Waals surface area contributed by atoms with Gasteiger partial charge in [0.05, 0.1) is 4.90 Å². The largest absolute Gasteiger partial charge is 0.295 e. The highest BCUT2D eigenvalue weighted by Crippen LogP contribution is 2.20. The molecule has 0 atom stereocenters. The Bertz CT molecular complexity index is 583. The zero-order valence-corrected chi connectivity index (χ0v) is 14.2. The smallest absolute Gasteiger partial charge is 0.240 e. The van der Waals surface area contributed by atoms with Gasteiger partial charge in [0.2, 0.25) is 10.0 Å². The molecule has 0 heterocycles. The first-order valence-electron chi connectivity index (χ1n) is 7.25. The number of benzene rings is 1. The fraction of sp³-hybridized carbons (Fsp3) is 0.562. The number of hydrogen-bond donors (Lipinski definition) is 1. The van der Waals surface area contributed by atoms with E-state index in [0.29, 0.717) is 23.9 Å². The Morgan fingerprint density at radius 1 is 1.14 bits per heavy atom. The Labute approximate surface area is 128 Å². The molecule has 0 spiro atoms. The van der Waals surface area contributed by atoms with E-state index < -0.39 is 10.0 Å². The van der Waals surface area contributed by atoms with Crippen molar-refractivity contribution in [2.75, 3.05) is 6.54 Å². The van der Waals surface area contributed by atoms with Crippen LogP contribution < -0.4 is 4.72 Å². The van der Waals surface area contributed by atoms with Gasteiger partial charge in [0.1, 0.15) is 0 Å². The van der Waals surface area contributed by atoms with Gasteiger partial charge in [-0.1, -0.05) is 39.8 Å². The molecule has 0 radical (unpaired) electrons. The molecule has 0 saturated carbocycles. The molecule has 0 amide bonds. The van der Waals surface area contributed by atoms with Crippen molar-refractivity contribution in [2.45, 2.75) is 39.5 Å². The quantitative estimate of drug-likeness (QED) is 0.787. The molecule has 1 aromatic carbocycles. The van der Waals surface area contributed by atoms with Gasteiger partial charge >= 0.3 is 0 Å². The minimum absolute atomic E-state index is 0.140. The molecule has 0 aromatic heterocycles. The van der Waals surface area contributed by atoms with E-state index in [0.717, 1.165) is 0 Å². The van der Waals surface area contributed by atoms with Crippen molar-refractivity contribution in [3.63, 3.8) is 0 Å². The van der Waals surface area contributed by atoms with Crippen LogP contribution in [0.1, 0.15) is 45.0 Å². The van der Waals surface area contributed by atoms with Crippen LogP contribution in [0.2, 0.25) is 0 Å². The predicted molar refractivity (Wildman–Crippen MR) is 84.8 cm³/mol. The molecule has 1 N–H and O–H groups in total. The maximum absolute atomic E-state index is 12.3. The lowest BCUT2D eigenvalue weighted by Crippen LogP contribution is -2.34. The number of sulfonamides is 1. The number of ketones is 1. The Kier molecular flexibility index (Phi) is 6.10. The van der Waals surface area contributed by atoms with Gasteiger partial charge < -0.3 is 0 Å². The third-order valence-corrected chi connectivity index (χ3v) is 5.19. The van der Waals surface area contributed by atoms with E-state index in [9.17, 15) is 13.2 Å². The molecule has 0 aliphatic rings. The summed E-state index contributed by atoms with van der Waals surface area (Å²) in [6, 6.07) is 6.14. The second-order valence-electron chi connectivity index (χ2n) is 6.09. The first-order valence-corrected chi connectivity index (χ1v) is 8.74. The zero-order chi connectivity index (χ0) is 16.2. The Balaban J connectivity index is 2.91. The highest BCUT2D eigenvalue weighted by molar-refractivity contribution is 7.89. The number of carbonyl (C=O) groups is 1. The number of nitrogens with one attached hydrogen (secondary N) is 1. The molecular weight excluding hydrogens is 286 g/mol. The van der Waals surface area contributed by atoms with E-state index in [4.69, 9.17) is 0 Å². The van der Waals surface area contributed by atoms with E-state index in [-0.39, 0.29) is 16.6 Å². The van der Waals surface area contributed by atoms with Crippen LogP contribution in [0.15, 0.2) is 29.2 Å². The van der Waals surface area contributed by atoms with Gasteiger partial charge in [-0.2, -0.15) is 0 Å². The molecule has 1 aromatic rings. The molecular formula is C16H25NO3S. The lowest BCUT2D eigenvalue weighted by atomic mass is 9.86. The summed E-state index contributed by atoms with van der Waals surface area (Å²) in [5.74, 6) is 0.928. The molecule has 118 valence electrons. The van der Waals surface area contributed by atoms with Crippen LogP contribution in [-0.4, -0.2) is 20.7 Å². The minimum Gasteiger partial charge on any atom is -0.295 e. The van der Waals surface area contributed by atoms with Crippen molar-refractivity contribution in [2.24, 2.45) is 17.8 Å². The molecule has 0 unspecified atom stereocenters. The summed E-state index contributed by atoms with van der Waals surface area (Å²) in [5.41, 5.74) is 0.405. The third kappa shape index (κ3) is 4.93. The van der Waals surface area contributed by atoms with Gasteiger partial charge in [0.25, 0.3) is 0 Å². The first-order chi connectivity index (χ1) is 9.65. The van der Waals surface area contributed by atoms with Crippen LogP contribution in [0, 0.1) is 17.8 Å². The molecule has 21 heavy (non-hydrogen) atoms. The van der Waals surface area contributed by atoms with E-state index >= 15 is 0 Å². The Morgan fingerprint density at radius 3 is 2.19 bits per heavy atom. The second-order valence-corrected chi connectivity index (χ2v) is 7.85. The van der Waals surface area contributed by atoms with Crippen molar-refractivity contribution >= 4 is 15.8 Å².